The van der Waals surface area contributed by atoms with Crippen molar-refractivity contribution in [1.82, 2.24) is 0 Å². The molecule has 0 heterocycles. The first-order valence-electron chi connectivity index (χ1n) is 3.42. The van der Waals surface area contributed by atoms with Crippen LogP contribution in [0.1, 0.15) is 12.8 Å². The van der Waals surface area contributed by atoms with Gasteiger partial charge in [-0.05, 0) is 12.8 Å². The number of carboxylic acid groups (broad SMARTS) is 2. The molecule has 78 valence electrons. The Morgan fingerprint density at radius 2 is 1.23 bits per heavy atom. The van der Waals surface area contributed by atoms with E-state index in [1.165, 1.54) is 0 Å². The van der Waals surface area contributed by atoms with Crippen molar-refractivity contribution in [3.05, 3.63) is 0 Å². The Balaban J connectivity index is 0. The zero-order chi connectivity index (χ0) is 9.72. The first kappa shape index (κ1) is 14.7. The van der Waals surface area contributed by atoms with Crippen LogP contribution in [0, 0.1) is 0 Å². The van der Waals surface area contributed by atoms with Crippen molar-refractivity contribution in [2.24, 2.45) is 11.5 Å². The van der Waals surface area contributed by atoms with E-state index in [9.17, 15) is 9.59 Å². The van der Waals surface area contributed by atoms with Gasteiger partial charge >= 0.3 is 11.9 Å². The highest BCUT2D eigenvalue weighted by atomic mass is 35.5. The maximum Gasteiger partial charge on any atom is 0.320 e. The largest absolute Gasteiger partial charge is 0.480 e. The molecule has 2 atom stereocenters. The third kappa shape index (κ3) is 6.32. The molecule has 13 heavy (non-hydrogen) atoms. The normalized spacial score (nSPS) is 14.0. The number of carboxylic acids is 2. The lowest BCUT2D eigenvalue weighted by Gasteiger charge is -2.08. The molecular weight excluding hydrogens is 200 g/mol. The monoisotopic (exact) mass is 212 g/mol. The van der Waals surface area contributed by atoms with Crippen LogP contribution in [0.25, 0.3) is 0 Å². The molecule has 0 saturated carbocycles. The number of carbonyl (C=O) groups is 2. The van der Waals surface area contributed by atoms with Crippen molar-refractivity contribution in [2.75, 3.05) is 0 Å². The van der Waals surface area contributed by atoms with Gasteiger partial charge < -0.3 is 21.7 Å². The summed E-state index contributed by atoms with van der Waals surface area (Å²) in [5.41, 5.74) is 10.2. The highest BCUT2D eigenvalue weighted by Gasteiger charge is 2.16. The Kier molecular flexibility index (Phi) is 7.49. The summed E-state index contributed by atoms with van der Waals surface area (Å²) in [6.07, 6.45) is 0.144. The van der Waals surface area contributed by atoms with E-state index in [1.54, 1.807) is 0 Å². The van der Waals surface area contributed by atoms with Crippen molar-refractivity contribution in [1.29, 1.82) is 0 Å². The Morgan fingerprint density at radius 3 is 1.38 bits per heavy atom. The second-order valence-corrected chi connectivity index (χ2v) is 2.47. The smallest absolute Gasteiger partial charge is 0.320 e. The summed E-state index contributed by atoms with van der Waals surface area (Å²) in [6, 6.07) is -2.06. The molecule has 0 unspecified atom stereocenters. The molecule has 0 spiro atoms. The Bertz CT molecular complexity index is 167. The molecule has 7 heteroatoms. The molecule has 0 aliphatic carbocycles. The van der Waals surface area contributed by atoms with Gasteiger partial charge in [-0.25, -0.2) is 0 Å². The fraction of sp³-hybridized carbons (Fsp3) is 0.667. The highest BCUT2D eigenvalue weighted by molar-refractivity contribution is 5.85. The van der Waals surface area contributed by atoms with Gasteiger partial charge in [0, 0.05) is 0 Å². The van der Waals surface area contributed by atoms with Gasteiger partial charge in [0.05, 0.1) is 0 Å². The summed E-state index contributed by atoms with van der Waals surface area (Å²) >= 11 is 0. The molecule has 0 aliphatic rings. The van der Waals surface area contributed by atoms with Crippen LogP contribution in [0.3, 0.4) is 0 Å². The van der Waals surface area contributed by atoms with Crippen LogP contribution in [0.15, 0.2) is 0 Å². The molecule has 0 rings (SSSR count). The van der Waals surface area contributed by atoms with Crippen LogP contribution in [-0.2, 0) is 9.59 Å². The molecule has 0 fully saturated rings. The van der Waals surface area contributed by atoms with Crippen LogP contribution in [0.4, 0.5) is 0 Å². The lowest BCUT2D eigenvalue weighted by atomic mass is 10.1. The summed E-state index contributed by atoms with van der Waals surface area (Å²) < 4.78 is 0. The maximum absolute atomic E-state index is 10.2. The number of aliphatic carboxylic acids is 2. The molecule has 6 nitrogen and oxygen atoms in total. The summed E-state index contributed by atoms with van der Waals surface area (Å²) in [4.78, 5) is 20.3. The summed E-state index contributed by atoms with van der Waals surface area (Å²) in [5.74, 6) is -2.29. The highest BCUT2D eigenvalue weighted by Crippen LogP contribution is 1.98. The standard InChI is InChI=1S/C6H12N2O4.ClH/c7-3(5(9)10)1-2-4(8)6(11)12;/h3-4H,1-2,7-8H2,(H,9,10)(H,11,12);1H/t3-,4+;. The maximum atomic E-state index is 10.2. The Morgan fingerprint density at radius 1 is 1.00 bits per heavy atom. The van der Waals surface area contributed by atoms with Crippen molar-refractivity contribution in [2.45, 2.75) is 24.9 Å². The number of halogens is 1. The fourth-order valence-electron chi connectivity index (χ4n) is 0.606. The van der Waals surface area contributed by atoms with Crippen LogP contribution in [0.5, 0.6) is 0 Å². The van der Waals surface area contributed by atoms with Gasteiger partial charge in [0.2, 0.25) is 0 Å². The van der Waals surface area contributed by atoms with Crippen LogP contribution >= 0.6 is 12.4 Å². The minimum atomic E-state index is -1.15. The average molecular weight is 213 g/mol. The molecular formula is C6H13ClN2O4. The van der Waals surface area contributed by atoms with Gasteiger partial charge in [-0.1, -0.05) is 0 Å². The van der Waals surface area contributed by atoms with E-state index in [1.807, 2.05) is 0 Å². The van der Waals surface area contributed by atoms with Crippen molar-refractivity contribution < 1.29 is 19.8 Å². The third-order valence-corrected chi connectivity index (χ3v) is 1.42. The molecule has 0 saturated heterocycles. The first-order chi connectivity index (χ1) is 5.45. The van der Waals surface area contributed by atoms with E-state index in [-0.39, 0.29) is 25.2 Å². The molecule has 0 bridgehead atoms. The lowest BCUT2D eigenvalue weighted by molar-refractivity contribution is -0.141. The van der Waals surface area contributed by atoms with Crippen LogP contribution in [-0.4, -0.2) is 34.2 Å². The molecule has 6 N–H and O–H groups in total. The third-order valence-electron chi connectivity index (χ3n) is 1.42. The average Bonchev–Trinajstić information content (AvgIpc) is 1.98. The Labute approximate surface area is 81.3 Å². The second-order valence-electron chi connectivity index (χ2n) is 2.47. The number of nitrogens with two attached hydrogens (primary N) is 2. The summed E-state index contributed by atoms with van der Waals surface area (Å²) in [7, 11) is 0. The molecule has 0 aliphatic heterocycles. The van der Waals surface area contributed by atoms with Crippen LogP contribution < -0.4 is 11.5 Å². The van der Waals surface area contributed by atoms with E-state index < -0.39 is 24.0 Å². The minimum absolute atomic E-state index is 0. The second kappa shape index (κ2) is 6.64. The van der Waals surface area contributed by atoms with Gasteiger partial charge in [0.25, 0.3) is 0 Å². The van der Waals surface area contributed by atoms with Gasteiger partial charge in [-0.2, -0.15) is 0 Å². The van der Waals surface area contributed by atoms with Gasteiger partial charge in [-0.3, -0.25) is 9.59 Å². The fourth-order valence-corrected chi connectivity index (χ4v) is 0.606. The minimum Gasteiger partial charge on any atom is -0.480 e. The van der Waals surface area contributed by atoms with Gasteiger partial charge in [0.1, 0.15) is 12.1 Å². The summed E-state index contributed by atoms with van der Waals surface area (Å²) in [6.45, 7) is 0. The summed E-state index contributed by atoms with van der Waals surface area (Å²) in [5, 5.41) is 16.6. The Hall–Kier alpha value is -0.850. The van der Waals surface area contributed by atoms with E-state index in [4.69, 9.17) is 21.7 Å². The zero-order valence-electron chi connectivity index (χ0n) is 6.84. The topological polar surface area (TPSA) is 127 Å². The van der Waals surface area contributed by atoms with E-state index in [0.717, 1.165) is 0 Å². The van der Waals surface area contributed by atoms with E-state index >= 15 is 0 Å². The molecule has 0 radical (unpaired) electrons. The molecule has 0 aromatic rings. The van der Waals surface area contributed by atoms with Gasteiger partial charge in [-0.15, -0.1) is 12.4 Å². The van der Waals surface area contributed by atoms with E-state index in [2.05, 4.69) is 0 Å². The van der Waals surface area contributed by atoms with E-state index in [0.29, 0.717) is 0 Å². The van der Waals surface area contributed by atoms with Crippen molar-refractivity contribution in [3.63, 3.8) is 0 Å². The number of rotatable bonds is 5. The number of hydrogen-bond acceptors (Lipinski definition) is 4. The zero-order valence-corrected chi connectivity index (χ0v) is 7.66. The SMILES string of the molecule is Cl.N[C@H](CC[C@H](N)C(=O)O)C(=O)O. The predicted molar refractivity (Wildman–Crippen MR) is 47.7 cm³/mol. The van der Waals surface area contributed by atoms with Crippen molar-refractivity contribution >= 4 is 24.3 Å². The first-order valence-corrected chi connectivity index (χ1v) is 3.42. The van der Waals surface area contributed by atoms with Gasteiger partial charge in [0.15, 0.2) is 0 Å². The molecule has 0 aromatic carbocycles. The molecule has 0 amide bonds. The lowest BCUT2D eigenvalue weighted by Crippen LogP contribution is -2.35. The van der Waals surface area contributed by atoms with Crippen molar-refractivity contribution in [3.8, 4) is 0 Å². The quantitative estimate of drug-likeness (QED) is 0.464. The molecule has 0 aromatic heterocycles. The van der Waals surface area contributed by atoms with Crippen LogP contribution in [0.2, 0.25) is 0 Å². The number of hydrogen-bond donors (Lipinski definition) is 4. The predicted octanol–water partition coefficient (Wildman–Crippen LogP) is -0.988.